The lowest BCUT2D eigenvalue weighted by Gasteiger charge is -2.11. The smallest absolute Gasteiger partial charge is 0.261 e. The van der Waals surface area contributed by atoms with Gasteiger partial charge < -0.3 is 15.4 Å². The number of nitrogens with one attached hydrogen (secondary N) is 3. The van der Waals surface area contributed by atoms with Crippen LogP contribution in [0, 0.1) is 6.92 Å². The molecule has 9 nitrogen and oxygen atoms in total. The normalized spacial score (nSPS) is 11.0. The Morgan fingerprint density at radius 3 is 2.09 bits per heavy atom. The molecule has 0 atom stereocenters. The van der Waals surface area contributed by atoms with Crippen molar-refractivity contribution in [3.05, 3.63) is 84.8 Å². The van der Waals surface area contributed by atoms with Gasteiger partial charge in [-0.15, -0.1) is 0 Å². The van der Waals surface area contributed by atoms with Gasteiger partial charge in [0.1, 0.15) is 29.0 Å². The summed E-state index contributed by atoms with van der Waals surface area (Å²) in [5.41, 5.74) is 1.18. The Balaban J connectivity index is 1.45. The van der Waals surface area contributed by atoms with E-state index in [1.54, 1.807) is 55.6 Å². The highest BCUT2D eigenvalue weighted by Gasteiger charge is 2.14. The molecule has 0 saturated carbocycles. The van der Waals surface area contributed by atoms with Crippen LogP contribution in [0.25, 0.3) is 0 Å². The number of pyridine rings is 1. The van der Waals surface area contributed by atoms with Crippen LogP contribution in [0.1, 0.15) is 5.82 Å². The van der Waals surface area contributed by atoms with Gasteiger partial charge in [-0.25, -0.2) is 23.4 Å². The summed E-state index contributed by atoms with van der Waals surface area (Å²) in [5.74, 6) is 3.04. The second-order valence-corrected chi connectivity index (χ2v) is 8.69. The molecule has 0 spiro atoms. The van der Waals surface area contributed by atoms with Crippen LogP contribution in [-0.2, 0) is 10.0 Å². The van der Waals surface area contributed by atoms with Gasteiger partial charge in [-0.05, 0) is 67.6 Å². The molecule has 168 valence electrons. The third-order valence-electron chi connectivity index (χ3n) is 4.54. The molecule has 33 heavy (non-hydrogen) atoms. The summed E-state index contributed by atoms with van der Waals surface area (Å²) in [6.07, 6.45) is 1.69. The number of methoxy groups -OCH3 is 1. The summed E-state index contributed by atoms with van der Waals surface area (Å²) in [7, 11) is -2.19. The first-order chi connectivity index (χ1) is 15.9. The second kappa shape index (κ2) is 9.53. The Kier molecular flexibility index (Phi) is 6.36. The standard InChI is InChI=1S/C23H22N6O3S/c1-16-25-22(15-23(26-16)28-21-5-3-4-14-24-21)27-17-6-8-18(9-7-17)29-33(30,31)20-12-10-19(32-2)11-13-20/h3-15,29H,1-2H3,(H2,24,25,26,27,28). The maximum Gasteiger partial charge on any atom is 0.261 e. The molecule has 0 amide bonds. The fourth-order valence-electron chi connectivity index (χ4n) is 3.00. The molecule has 2 aromatic heterocycles. The Morgan fingerprint density at radius 1 is 0.788 bits per heavy atom. The predicted octanol–water partition coefficient (Wildman–Crippen LogP) is 4.48. The molecule has 3 N–H and O–H groups in total. The Bertz CT molecular complexity index is 1330. The highest BCUT2D eigenvalue weighted by molar-refractivity contribution is 7.92. The minimum absolute atomic E-state index is 0.148. The Labute approximate surface area is 192 Å². The van der Waals surface area contributed by atoms with Gasteiger partial charge in [0.15, 0.2) is 0 Å². The van der Waals surface area contributed by atoms with Crippen LogP contribution >= 0.6 is 0 Å². The van der Waals surface area contributed by atoms with Crippen molar-refractivity contribution in [2.45, 2.75) is 11.8 Å². The van der Waals surface area contributed by atoms with E-state index in [1.165, 1.54) is 19.2 Å². The van der Waals surface area contributed by atoms with Crippen molar-refractivity contribution in [2.75, 3.05) is 22.5 Å². The Hall–Kier alpha value is -4.18. The molecule has 2 aromatic carbocycles. The number of sulfonamides is 1. The maximum atomic E-state index is 12.6. The largest absolute Gasteiger partial charge is 0.497 e. The fraction of sp³-hybridized carbons (Fsp3) is 0.0870. The lowest BCUT2D eigenvalue weighted by Crippen LogP contribution is -2.12. The molecule has 10 heteroatoms. The van der Waals surface area contributed by atoms with Gasteiger partial charge in [0, 0.05) is 23.6 Å². The quantitative estimate of drug-likeness (QED) is 0.351. The van der Waals surface area contributed by atoms with E-state index in [2.05, 4.69) is 30.3 Å². The van der Waals surface area contributed by atoms with Crippen LogP contribution in [0.3, 0.4) is 0 Å². The summed E-state index contributed by atoms with van der Waals surface area (Å²) >= 11 is 0. The molecule has 0 radical (unpaired) electrons. The molecular weight excluding hydrogens is 440 g/mol. The zero-order valence-corrected chi connectivity index (χ0v) is 18.8. The van der Waals surface area contributed by atoms with Crippen LogP contribution < -0.4 is 20.1 Å². The number of anilines is 5. The highest BCUT2D eigenvalue weighted by atomic mass is 32.2. The summed E-state index contributed by atoms with van der Waals surface area (Å²) < 4.78 is 32.8. The van der Waals surface area contributed by atoms with Gasteiger partial charge in [0.25, 0.3) is 10.0 Å². The van der Waals surface area contributed by atoms with Crippen LogP contribution in [-0.4, -0.2) is 30.5 Å². The predicted molar refractivity (Wildman–Crippen MR) is 128 cm³/mol. The molecule has 0 saturated heterocycles. The van der Waals surface area contributed by atoms with E-state index in [9.17, 15) is 8.42 Å². The Morgan fingerprint density at radius 2 is 1.45 bits per heavy atom. The van der Waals surface area contributed by atoms with E-state index in [1.807, 2.05) is 18.2 Å². The van der Waals surface area contributed by atoms with E-state index in [-0.39, 0.29) is 4.90 Å². The first kappa shape index (κ1) is 22.0. The van der Waals surface area contributed by atoms with Gasteiger partial charge in [-0.2, -0.15) is 0 Å². The van der Waals surface area contributed by atoms with Gasteiger partial charge in [-0.1, -0.05) is 6.07 Å². The number of aromatic nitrogens is 3. The first-order valence-electron chi connectivity index (χ1n) is 9.99. The number of rotatable bonds is 8. The lowest BCUT2D eigenvalue weighted by molar-refractivity contribution is 0.414. The lowest BCUT2D eigenvalue weighted by atomic mass is 10.3. The van der Waals surface area contributed by atoms with Gasteiger partial charge >= 0.3 is 0 Å². The van der Waals surface area contributed by atoms with Crippen LogP contribution in [0.5, 0.6) is 5.75 Å². The van der Waals surface area contributed by atoms with Gasteiger partial charge in [0.2, 0.25) is 0 Å². The molecular formula is C23H22N6O3S. The van der Waals surface area contributed by atoms with Crippen LogP contribution in [0.2, 0.25) is 0 Å². The number of aryl methyl sites for hydroxylation is 1. The van der Waals surface area contributed by atoms with Crippen molar-refractivity contribution >= 4 is 38.9 Å². The molecule has 0 aliphatic heterocycles. The third kappa shape index (κ3) is 5.74. The second-order valence-electron chi connectivity index (χ2n) is 7.01. The van der Waals surface area contributed by atoms with Crippen LogP contribution in [0.4, 0.5) is 28.8 Å². The van der Waals surface area contributed by atoms with E-state index in [4.69, 9.17) is 4.74 Å². The minimum atomic E-state index is -3.71. The number of ether oxygens (including phenoxy) is 1. The molecule has 4 aromatic rings. The molecule has 0 aliphatic carbocycles. The van der Waals surface area contributed by atoms with Crippen molar-refractivity contribution in [1.29, 1.82) is 0 Å². The topological polar surface area (TPSA) is 118 Å². The molecule has 0 aliphatic rings. The van der Waals surface area contributed by atoms with E-state index in [0.29, 0.717) is 34.7 Å². The van der Waals surface area contributed by atoms with E-state index < -0.39 is 10.0 Å². The molecule has 0 bridgehead atoms. The number of nitrogens with zero attached hydrogens (tertiary/aromatic N) is 3. The summed E-state index contributed by atoms with van der Waals surface area (Å²) in [6.45, 7) is 1.80. The number of benzene rings is 2. The van der Waals surface area contributed by atoms with Gasteiger partial charge in [-0.3, -0.25) is 4.72 Å². The van der Waals surface area contributed by atoms with Crippen molar-refractivity contribution in [1.82, 2.24) is 15.0 Å². The molecule has 0 fully saturated rings. The monoisotopic (exact) mass is 462 g/mol. The zero-order valence-electron chi connectivity index (χ0n) is 18.0. The SMILES string of the molecule is COc1ccc(S(=O)(=O)Nc2ccc(Nc3cc(Nc4ccccn4)nc(C)n3)cc2)cc1. The molecule has 4 rings (SSSR count). The fourth-order valence-corrected chi connectivity index (χ4v) is 4.06. The number of hydrogen-bond acceptors (Lipinski definition) is 8. The first-order valence-corrected chi connectivity index (χ1v) is 11.5. The van der Waals surface area contributed by atoms with Crippen molar-refractivity contribution in [3.8, 4) is 5.75 Å². The van der Waals surface area contributed by atoms with Crippen molar-refractivity contribution < 1.29 is 13.2 Å². The summed E-state index contributed by atoms with van der Waals surface area (Å²) in [6, 6.07) is 20.4. The molecule has 0 unspecified atom stereocenters. The third-order valence-corrected chi connectivity index (χ3v) is 5.94. The number of hydrogen-bond donors (Lipinski definition) is 3. The van der Waals surface area contributed by atoms with Crippen molar-refractivity contribution in [3.63, 3.8) is 0 Å². The summed E-state index contributed by atoms with van der Waals surface area (Å²) in [4.78, 5) is 13.2. The van der Waals surface area contributed by atoms with Crippen LogP contribution in [0.15, 0.2) is 83.9 Å². The maximum absolute atomic E-state index is 12.6. The van der Waals surface area contributed by atoms with Crippen molar-refractivity contribution in [2.24, 2.45) is 0 Å². The van der Waals surface area contributed by atoms with E-state index in [0.717, 1.165) is 5.69 Å². The average Bonchev–Trinajstić information content (AvgIpc) is 2.80. The average molecular weight is 463 g/mol. The summed E-state index contributed by atoms with van der Waals surface area (Å²) in [5, 5.41) is 6.34. The van der Waals surface area contributed by atoms with Gasteiger partial charge in [0.05, 0.1) is 12.0 Å². The highest BCUT2D eigenvalue weighted by Crippen LogP contribution is 2.23. The molecule has 2 heterocycles. The minimum Gasteiger partial charge on any atom is -0.497 e. The zero-order chi connectivity index (χ0) is 23.3. The van der Waals surface area contributed by atoms with E-state index >= 15 is 0 Å².